The summed E-state index contributed by atoms with van der Waals surface area (Å²) in [7, 11) is 1.52. The van der Waals surface area contributed by atoms with Gasteiger partial charge in [0.1, 0.15) is 19.0 Å². The first-order chi connectivity index (χ1) is 24.9. The van der Waals surface area contributed by atoms with Crippen LogP contribution in [0.15, 0.2) is 63.5 Å². The second-order valence-corrected chi connectivity index (χ2v) is 14.2. The van der Waals surface area contributed by atoms with Gasteiger partial charge in [0.2, 0.25) is 0 Å². The van der Waals surface area contributed by atoms with Crippen molar-refractivity contribution in [3.05, 3.63) is 112 Å². The highest BCUT2D eigenvalue weighted by atomic mass is 79.9. The second kappa shape index (κ2) is 20.3. The molecule has 17 heteroatoms. The summed E-state index contributed by atoms with van der Waals surface area (Å²) >= 11 is 25.1. The minimum atomic E-state index is -4.48. The number of hydrogen-bond acceptors (Lipinski definition) is 6. The number of aryl methyl sites for hydroxylation is 2. The number of halogens is 9. The van der Waals surface area contributed by atoms with Gasteiger partial charge in [-0.05, 0) is 123 Å². The summed E-state index contributed by atoms with van der Waals surface area (Å²) in [5.41, 5.74) is 1.93. The average molecular weight is 932 g/mol. The molecule has 0 aromatic heterocycles. The zero-order valence-corrected chi connectivity index (χ0v) is 33.5. The summed E-state index contributed by atoms with van der Waals surface area (Å²) in [4.78, 5) is 21.3. The second-order valence-electron chi connectivity index (χ2n) is 11.3. The van der Waals surface area contributed by atoms with Gasteiger partial charge >= 0.3 is 18.1 Å². The average Bonchev–Trinajstić information content (AvgIpc) is 3.07. The molecule has 4 rings (SSSR count). The van der Waals surface area contributed by atoms with Crippen molar-refractivity contribution in [2.24, 2.45) is 0 Å². The van der Waals surface area contributed by atoms with E-state index < -0.39 is 29.5 Å². The first-order valence-corrected chi connectivity index (χ1v) is 18.4. The molecule has 0 aliphatic rings. The monoisotopic (exact) mass is 928 g/mol. The molecule has 286 valence electrons. The molecule has 0 bridgehead atoms. The van der Waals surface area contributed by atoms with Crippen molar-refractivity contribution >= 4 is 90.0 Å². The van der Waals surface area contributed by atoms with Crippen molar-refractivity contribution in [2.75, 3.05) is 24.2 Å². The van der Waals surface area contributed by atoms with E-state index >= 15 is 0 Å². The summed E-state index contributed by atoms with van der Waals surface area (Å²) in [5.74, 6) is -1.58. The summed E-state index contributed by atoms with van der Waals surface area (Å²) < 4.78 is 66.1. The normalized spacial score (nSPS) is 11.0. The summed E-state index contributed by atoms with van der Waals surface area (Å²) in [6.07, 6.45) is -3.87. The lowest BCUT2D eigenvalue weighted by atomic mass is 10.1. The topological polar surface area (TPSA) is 117 Å². The van der Waals surface area contributed by atoms with Gasteiger partial charge in [-0.1, -0.05) is 34.8 Å². The van der Waals surface area contributed by atoms with Crippen LogP contribution in [0.4, 0.5) is 28.9 Å². The molecule has 0 amide bonds. The third-order valence-electron chi connectivity index (χ3n) is 7.22. The van der Waals surface area contributed by atoms with E-state index in [-0.39, 0.29) is 53.8 Å². The fraction of sp³-hybridized carbons (Fsp3) is 0.278. The van der Waals surface area contributed by atoms with Gasteiger partial charge in [-0.25, -0.2) is 4.39 Å². The third-order valence-corrected chi connectivity index (χ3v) is 9.17. The standard InChI is InChI=1S/C18H17Br2ClFNO3.C18H16Cl2F3NO3/c1-2-23-15-8-12(21)7-11(17(15)22)9-26-18-13(19)5-10(6-14(18)20)3-4-16(24)25;1-24-13-5-11(4-12(8-13)18(21,22)23)9-27-17-14(19)6-10(7-15(17)20)2-3-16(25)26/h5-8,23H,2-4,9H2,1H3,(H,24,25);4-8,24H,2-3,9H2,1H3,(H,25,26). The third kappa shape index (κ3) is 13.7. The van der Waals surface area contributed by atoms with Crippen molar-refractivity contribution < 1.29 is 46.8 Å². The number of benzene rings is 4. The molecule has 8 nitrogen and oxygen atoms in total. The Bertz CT molecular complexity index is 1890. The van der Waals surface area contributed by atoms with Gasteiger partial charge in [0.25, 0.3) is 0 Å². The predicted molar refractivity (Wildman–Crippen MR) is 205 cm³/mol. The Hall–Kier alpha value is -3.43. The van der Waals surface area contributed by atoms with Crippen LogP contribution in [0.3, 0.4) is 0 Å². The van der Waals surface area contributed by atoms with Gasteiger partial charge in [-0.15, -0.1) is 0 Å². The zero-order chi connectivity index (χ0) is 39.5. The molecule has 4 aromatic carbocycles. The minimum absolute atomic E-state index is 0.00351. The molecule has 0 unspecified atom stereocenters. The van der Waals surface area contributed by atoms with Crippen LogP contribution in [0, 0.1) is 5.82 Å². The van der Waals surface area contributed by atoms with Crippen molar-refractivity contribution in [3.63, 3.8) is 0 Å². The zero-order valence-electron chi connectivity index (χ0n) is 28.1. The maximum absolute atomic E-state index is 14.5. The van der Waals surface area contributed by atoms with Gasteiger partial charge < -0.3 is 30.3 Å². The Balaban J connectivity index is 0.000000286. The van der Waals surface area contributed by atoms with Gasteiger partial charge in [0.05, 0.1) is 30.2 Å². The number of ether oxygens (including phenoxy) is 2. The van der Waals surface area contributed by atoms with Crippen LogP contribution in [-0.2, 0) is 41.8 Å². The molecular formula is C36H33Br2Cl3F4N2O6. The lowest BCUT2D eigenvalue weighted by molar-refractivity contribution is -0.138. The van der Waals surface area contributed by atoms with Crippen molar-refractivity contribution in [2.45, 2.75) is 52.0 Å². The van der Waals surface area contributed by atoms with E-state index in [9.17, 15) is 27.2 Å². The highest BCUT2D eigenvalue weighted by Crippen LogP contribution is 2.38. The van der Waals surface area contributed by atoms with E-state index in [0.717, 1.165) is 17.7 Å². The number of hydrogen-bond donors (Lipinski definition) is 4. The van der Waals surface area contributed by atoms with Crippen LogP contribution in [0.2, 0.25) is 15.1 Å². The molecule has 0 atom stereocenters. The first kappa shape index (κ1) is 44.0. The quantitative estimate of drug-likeness (QED) is 0.0871. The minimum Gasteiger partial charge on any atom is -0.486 e. The molecule has 0 radical (unpaired) electrons. The molecule has 53 heavy (non-hydrogen) atoms. The van der Waals surface area contributed by atoms with Crippen LogP contribution in [-0.4, -0.2) is 35.7 Å². The lowest BCUT2D eigenvalue weighted by Crippen LogP contribution is -2.08. The number of rotatable bonds is 15. The highest BCUT2D eigenvalue weighted by Gasteiger charge is 2.31. The maximum Gasteiger partial charge on any atom is 0.416 e. The highest BCUT2D eigenvalue weighted by molar-refractivity contribution is 9.11. The smallest absolute Gasteiger partial charge is 0.416 e. The van der Waals surface area contributed by atoms with E-state index in [0.29, 0.717) is 55.2 Å². The Morgan fingerprint density at radius 1 is 0.774 bits per heavy atom. The number of carboxylic acid groups (broad SMARTS) is 2. The molecule has 0 aliphatic heterocycles. The van der Waals surface area contributed by atoms with E-state index in [1.807, 2.05) is 6.92 Å². The van der Waals surface area contributed by atoms with Crippen LogP contribution < -0.4 is 20.1 Å². The first-order valence-electron chi connectivity index (χ1n) is 15.7. The molecule has 4 aromatic rings. The Morgan fingerprint density at radius 2 is 1.32 bits per heavy atom. The molecule has 0 fully saturated rings. The number of alkyl halides is 3. The summed E-state index contributed by atoms with van der Waals surface area (Å²) in [6, 6.07) is 13.2. The Kier molecular flexibility index (Phi) is 16.8. The number of nitrogens with one attached hydrogen (secondary N) is 2. The fourth-order valence-corrected chi connectivity index (χ4v) is 7.14. The van der Waals surface area contributed by atoms with Crippen molar-refractivity contribution in [1.29, 1.82) is 0 Å². The molecular weight excluding hydrogens is 899 g/mol. The molecule has 0 spiro atoms. The molecule has 0 heterocycles. The van der Waals surface area contributed by atoms with Gasteiger partial charge in [-0.3, -0.25) is 9.59 Å². The predicted octanol–water partition coefficient (Wildman–Crippen LogP) is 11.7. The van der Waals surface area contributed by atoms with Gasteiger partial charge in [0.15, 0.2) is 11.6 Å². The van der Waals surface area contributed by atoms with E-state index in [4.69, 9.17) is 54.5 Å². The van der Waals surface area contributed by atoms with Crippen LogP contribution >= 0.6 is 66.7 Å². The van der Waals surface area contributed by atoms with Gasteiger partial charge in [-0.2, -0.15) is 13.2 Å². The van der Waals surface area contributed by atoms with E-state index in [1.165, 1.54) is 37.4 Å². The SMILES string of the molecule is CCNc1cc(Cl)cc(COc2c(Br)cc(CCC(=O)O)cc2Br)c1F.CNc1cc(COc2c(Cl)cc(CCC(=O)O)cc2Cl)cc(C(F)(F)F)c1. The van der Waals surface area contributed by atoms with Crippen LogP contribution in [0.1, 0.15) is 47.6 Å². The van der Waals surface area contributed by atoms with Gasteiger partial charge in [0, 0.05) is 42.7 Å². The molecule has 0 saturated carbocycles. The lowest BCUT2D eigenvalue weighted by Gasteiger charge is -2.15. The molecule has 0 saturated heterocycles. The van der Waals surface area contributed by atoms with Crippen LogP contribution in [0.25, 0.3) is 0 Å². The van der Waals surface area contributed by atoms with E-state index in [1.54, 1.807) is 12.1 Å². The summed E-state index contributed by atoms with van der Waals surface area (Å²) in [6.45, 7) is 2.27. The van der Waals surface area contributed by atoms with Crippen molar-refractivity contribution in [3.8, 4) is 11.5 Å². The summed E-state index contributed by atoms with van der Waals surface area (Å²) in [5, 5.41) is 23.8. The molecule has 4 N–H and O–H groups in total. The maximum atomic E-state index is 14.5. The Morgan fingerprint density at radius 3 is 1.83 bits per heavy atom. The molecule has 0 aliphatic carbocycles. The van der Waals surface area contributed by atoms with Crippen molar-refractivity contribution in [1.82, 2.24) is 0 Å². The number of anilines is 2. The fourth-order valence-electron chi connectivity index (χ4n) is 4.75. The number of carboxylic acids is 2. The van der Waals surface area contributed by atoms with E-state index in [2.05, 4.69) is 42.5 Å². The largest absolute Gasteiger partial charge is 0.486 e. The number of aliphatic carboxylic acids is 2. The Labute approximate surface area is 335 Å². The number of carbonyl (C=O) groups is 2. The van der Waals surface area contributed by atoms with Crippen LogP contribution in [0.5, 0.6) is 11.5 Å².